The van der Waals surface area contributed by atoms with Crippen LogP contribution in [0, 0.1) is 22.0 Å². The molecule has 0 atom stereocenters. The molecule has 20 heteroatoms. The Bertz CT molecular complexity index is 2260. The Labute approximate surface area is 444 Å². The van der Waals surface area contributed by atoms with E-state index in [0.29, 0.717) is 29.9 Å². The maximum atomic E-state index is 12.8. The third-order valence-corrected chi connectivity index (χ3v) is 13.9. The van der Waals surface area contributed by atoms with Gasteiger partial charge in [0.1, 0.15) is 22.5 Å². The number of nitrogens with zero attached hydrogens (tertiary/aromatic N) is 3. The molecule has 0 aliphatic heterocycles. The fourth-order valence-electron chi connectivity index (χ4n) is 9.74. The molecule has 0 unspecified atom stereocenters. The van der Waals surface area contributed by atoms with Crippen molar-refractivity contribution in [3.05, 3.63) is 46.5 Å². The van der Waals surface area contributed by atoms with Crippen LogP contribution in [0.4, 0.5) is 48.5 Å². The highest BCUT2D eigenvalue weighted by atomic mass is 16.6. The van der Waals surface area contributed by atoms with Crippen LogP contribution in [-0.4, -0.2) is 102 Å². The van der Waals surface area contributed by atoms with Crippen LogP contribution < -0.4 is 47.9 Å². The van der Waals surface area contributed by atoms with E-state index >= 15 is 0 Å². The molecule has 0 aromatic heterocycles. The summed E-state index contributed by atoms with van der Waals surface area (Å²) in [4.78, 5) is 75.0. The van der Waals surface area contributed by atoms with Crippen molar-refractivity contribution in [2.45, 2.75) is 218 Å². The molecule has 20 nitrogen and oxygen atoms in total. The summed E-state index contributed by atoms with van der Waals surface area (Å²) in [6.07, 6.45) is 14.0. The van der Waals surface area contributed by atoms with E-state index in [9.17, 15) is 34.1 Å². The molecule has 2 aromatic rings. The topological polar surface area (TPSA) is 275 Å². The van der Waals surface area contributed by atoms with Gasteiger partial charge in [0.15, 0.2) is 0 Å². The summed E-state index contributed by atoms with van der Waals surface area (Å²) < 4.78 is 15.6. The van der Waals surface area contributed by atoms with Crippen LogP contribution in [0.5, 0.6) is 0 Å². The van der Waals surface area contributed by atoms with Gasteiger partial charge in [-0.3, -0.25) is 19.7 Å². The van der Waals surface area contributed by atoms with E-state index in [1.165, 1.54) is 17.4 Å². The van der Waals surface area contributed by atoms with Crippen molar-refractivity contribution in [3.63, 3.8) is 0 Å². The lowest BCUT2D eigenvalue weighted by atomic mass is 9.86. The summed E-state index contributed by atoms with van der Waals surface area (Å²) in [5.41, 5.74) is 13.6. The molecular formula is C55H88N10O10. The number of ether oxygens (including phenoxy) is 3. The molecule has 5 aliphatic carbocycles. The molecule has 418 valence electrons. The monoisotopic (exact) mass is 1050 g/mol. The zero-order valence-electron chi connectivity index (χ0n) is 46.5. The van der Waals surface area contributed by atoms with Gasteiger partial charge >= 0.3 is 18.3 Å². The van der Waals surface area contributed by atoms with Crippen molar-refractivity contribution < 1.29 is 43.1 Å². The molecule has 5 aliphatic rings. The van der Waals surface area contributed by atoms with Crippen molar-refractivity contribution in [2.75, 3.05) is 40.3 Å². The van der Waals surface area contributed by atoms with Gasteiger partial charge in [0.05, 0.1) is 22.0 Å². The number of alkyl carbamates (subject to hydrolysis) is 3. The second-order valence-electron chi connectivity index (χ2n) is 24.1. The van der Waals surface area contributed by atoms with Crippen LogP contribution >= 0.6 is 0 Å². The minimum atomic E-state index is -0.556. The lowest BCUT2D eigenvalue weighted by Crippen LogP contribution is -2.51. The molecule has 0 radical (unpaired) electrons. The second kappa shape index (κ2) is 26.1. The van der Waals surface area contributed by atoms with E-state index < -0.39 is 27.8 Å². The van der Waals surface area contributed by atoms with E-state index in [1.54, 1.807) is 44.9 Å². The molecular weight excluding hydrogens is 961 g/mol. The van der Waals surface area contributed by atoms with E-state index in [1.807, 2.05) is 66.8 Å². The molecule has 0 spiro atoms. The lowest BCUT2D eigenvalue weighted by Gasteiger charge is -2.37. The van der Waals surface area contributed by atoms with Gasteiger partial charge in [0.25, 0.3) is 5.69 Å². The van der Waals surface area contributed by atoms with Crippen LogP contribution in [0.2, 0.25) is 0 Å². The van der Waals surface area contributed by atoms with E-state index in [0.717, 1.165) is 94.8 Å². The smallest absolute Gasteiger partial charge is 0.407 e. The number of hydrogen-bond donors (Lipinski definition) is 7. The van der Waals surface area contributed by atoms with Crippen LogP contribution in [0.25, 0.3) is 0 Å². The van der Waals surface area contributed by atoms with Gasteiger partial charge in [0, 0.05) is 73.9 Å². The van der Waals surface area contributed by atoms with Crippen LogP contribution in [0.3, 0.4) is 0 Å². The Morgan fingerprint density at radius 3 is 1.24 bits per heavy atom. The SMILES string of the molecule is CC(C)(C)OC(=O)NC1CC(N)C1.CN(C(=O)C1CCCCC1)c1ccc(NC2CC(NC(=O)OC(C)(C)C)C2)c(N)c1.CN(C(=O)C1CCCCC1)c1ccc(NC2CC(NC(=O)OC(C)(C)C)C2)c([N+](=O)[O-])c1. The Balaban J connectivity index is 0.000000225. The summed E-state index contributed by atoms with van der Waals surface area (Å²) >= 11 is 0. The van der Waals surface area contributed by atoms with Gasteiger partial charge in [-0.25, -0.2) is 14.4 Å². The first-order valence-corrected chi connectivity index (χ1v) is 27.0. The Morgan fingerprint density at radius 2 is 0.893 bits per heavy atom. The van der Waals surface area contributed by atoms with E-state index in [2.05, 4.69) is 26.6 Å². The number of nitrogen functional groups attached to an aromatic ring is 1. The van der Waals surface area contributed by atoms with Crippen molar-refractivity contribution in [1.82, 2.24) is 16.0 Å². The maximum absolute atomic E-state index is 12.8. The van der Waals surface area contributed by atoms with Gasteiger partial charge in [-0.15, -0.1) is 0 Å². The number of anilines is 5. The largest absolute Gasteiger partial charge is 0.444 e. The first-order valence-electron chi connectivity index (χ1n) is 27.0. The zero-order chi connectivity index (χ0) is 55.4. The lowest BCUT2D eigenvalue weighted by molar-refractivity contribution is -0.383. The summed E-state index contributed by atoms with van der Waals surface area (Å²) in [5, 5.41) is 26.8. The zero-order valence-corrected chi connectivity index (χ0v) is 46.5. The Hall–Kier alpha value is -6.05. The van der Waals surface area contributed by atoms with Crippen molar-refractivity contribution in [1.29, 1.82) is 0 Å². The summed E-state index contributed by atoms with van der Waals surface area (Å²) in [6, 6.07) is 11.4. The van der Waals surface area contributed by atoms with Crippen LogP contribution in [0.1, 0.15) is 165 Å². The van der Waals surface area contributed by atoms with Crippen molar-refractivity contribution in [2.24, 2.45) is 17.6 Å². The fraction of sp³-hybridized carbons (Fsp3) is 0.691. The van der Waals surface area contributed by atoms with Gasteiger partial charge in [-0.05, 0) is 157 Å². The number of nitrogens with two attached hydrogens (primary N) is 2. The first-order chi connectivity index (χ1) is 35.0. The number of nitro groups is 1. The van der Waals surface area contributed by atoms with E-state index in [4.69, 9.17) is 25.7 Å². The summed E-state index contributed by atoms with van der Waals surface area (Å²) in [6.45, 7) is 16.5. The molecule has 9 N–H and O–H groups in total. The van der Waals surface area contributed by atoms with Crippen LogP contribution in [0.15, 0.2) is 36.4 Å². The average Bonchev–Trinajstić information content (AvgIpc) is 3.28. The highest BCUT2D eigenvalue weighted by molar-refractivity contribution is 5.96. The summed E-state index contributed by atoms with van der Waals surface area (Å²) in [5.74, 6) is 0.335. The molecule has 0 saturated heterocycles. The minimum Gasteiger partial charge on any atom is -0.444 e. The molecule has 5 amide bonds. The predicted octanol–water partition coefficient (Wildman–Crippen LogP) is 9.89. The van der Waals surface area contributed by atoms with Gasteiger partial charge in [-0.1, -0.05) is 38.5 Å². The highest BCUT2D eigenvalue weighted by Gasteiger charge is 2.35. The number of rotatable bonds is 12. The summed E-state index contributed by atoms with van der Waals surface area (Å²) in [7, 11) is 3.51. The van der Waals surface area contributed by atoms with Crippen LogP contribution in [-0.2, 0) is 23.8 Å². The molecule has 75 heavy (non-hydrogen) atoms. The molecule has 0 bridgehead atoms. The molecule has 0 heterocycles. The number of carbonyl (C=O) groups excluding carboxylic acids is 5. The standard InChI is InChI=1S/C23H34N4O5.C23H36N4O3.C9H18N2O2/c1-23(2,3)32-22(29)25-17-12-16(13-17)24-19-11-10-18(14-20(19)27(30)31)26(4)21(28)15-8-6-5-7-9-15;1-23(2,3)30-22(29)26-17-12-16(13-17)25-20-11-10-18(14-19(20)24)27(4)21(28)15-8-6-5-7-9-15;1-9(2,3)13-8(12)11-7-4-6(10)5-7/h10-11,14-17,24H,5-9,12-13H2,1-4H3,(H,25,29);10-11,14-17,25H,5-9,12-13,24H2,1-4H3,(H,26,29);6-7H,4-5,10H2,1-3H3,(H,11,12). The number of carbonyl (C=O) groups is 5. The number of benzene rings is 2. The highest BCUT2D eigenvalue weighted by Crippen LogP contribution is 2.36. The Morgan fingerprint density at radius 1 is 0.547 bits per heavy atom. The molecule has 5 fully saturated rings. The molecule has 5 saturated carbocycles. The third kappa shape index (κ3) is 19.6. The average molecular weight is 1050 g/mol. The number of nitro benzene ring substituents is 1. The number of hydrogen-bond acceptors (Lipinski definition) is 14. The normalized spacial score (nSPS) is 22.7. The maximum Gasteiger partial charge on any atom is 0.407 e. The fourth-order valence-corrected chi connectivity index (χ4v) is 9.74. The van der Waals surface area contributed by atoms with Gasteiger partial charge < -0.3 is 62.1 Å². The number of nitrogens with one attached hydrogen (secondary N) is 5. The molecule has 2 aromatic carbocycles. The quantitative estimate of drug-likeness (QED) is 0.0451. The predicted molar refractivity (Wildman–Crippen MR) is 294 cm³/mol. The van der Waals surface area contributed by atoms with Gasteiger partial charge in [-0.2, -0.15) is 0 Å². The van der Waals surface area contributed by atoms with Crippen molar-refractivity contribution in [3.8, 4) is 0 Å². The van der Waals surface area contributed by atoms with Crippen molar-refractivity contribution >= 4 is 64.2 Å². The third-order valence-electron chi connectivity index (χ3n) is 13.9. The van der Waals surface area contributed by atoms with Gasteiger partial charge in [0.2, 0.25) is 11.8 Å². The first kappa shape index (κ1) is 59.8. The Kier molecular flexibility index (Phi) is 20.8. The second-order valence-corrected chi connectivity index (χ2v) is 24.1. The minimum absolute atomic E-state index is 0.00464. The van der Waals surface area contributed by atoms with E-state index in [-0.39, 0.29) is 77.8 Å². The molecule has 7 rings (SSSR count). The number of amides is 5.